The molecule has 0 aliphatic heterocycles. The number of terminal acetylenes is 1. The molecule has 2 aromatic rings. The van der Waals surface area contributed by atoms with E-state index in [9.17, 15) is 17.6 Å². The van der Waals surface area contributed by atoms with Crippen LogP contribution in [-0.2, 0) is 14.8 Å². The monoisotopic (exact) mass is 485 g/mol. The first-order chi connectivity index (χ1) is 16.2. The molecule has 1 aromatic carbocycles. The number of carbonyl (C=O) groups excluding carboxylic acids is 1. The number of rotatable bonds is 9. The minimum absolute atomic E-state index is 0.00987. The number of aromatic nitrogens is 2. The Hall–Kier alpha value is -3.91. The molecule has 1 aliphatic rings. The summed E-state index contributed by atoms with van der Waals surface area (Å²) in [4.78, 5) is 19.7. The van der Waals surface area contributed by atoms with Crippen molar-refractivity contribution in [3.8, 4) is 18.1 Å². The summed E-state index contributed by atoms with van der Waals surface area (Å²) in [6.07, 6.45) is 8.59. The quantitative estimate of drug-likeness (QED) is 0.461. The van der Waals surface area contributed by atoms with Crippen LogP contribution < -0.4 is 20.1 Å². The maximum Gasteiger partial charge on any atom is 0.264 e. The van der Waals surface area contributed by atoms with E-state index in [-0.39, 0.29) is 29.7 Å². The van der Waals surface area contributed by atoms with E-state index in [4.69, 9.17) is 11.2 Å². The summed E-state index contributed by atoms with van der Waals surface area (Å²) in [7, 11) is -4.00. The van der Waals surface area contributed by atoms with Gasteiger partial charge in [-0.05, 0) is 50.1 Å². The summed E-state index contributed by atoms with van der Waals surface area (Å²) in [5.74, 6) is 1.69. The number of halogens is 1. The first kappa shape index (κ1) is 24.7. The van der Waals surface area contributed by atoms with Gasteiger partial charge in [0.1, 0.15) is 12.4 Å². The summed E-state index contributed by atoms with van der Waals surface area (Å²) in [5.41, 5.74) is 1.70. The van der Waals surface area contributed by atoms with E-state index >= 15 is 0 Å². The molecule has 11 heteroatoms. The molecule has 1 aliphatic carbocycles. The normalized spacial score (nSPS) is 13.5. The van der Waals surface area contributed by atoms with Gasteiger partial charge >= 0.3 is 0 Å². The SMILES string of the molecule is C#CCOc1ccc(Nc2nc(NC3=CC(S(=O)(=O)NC(=O)CC)=C(C)CC3)ncc2F)cc1. The van der Waals surface area contributed by atoms with Gasteiger partial charge in [-0.2, -0.15) is 4.98 Å². The number of hydrogen-bond donors (Lipinski definition) is 3. The van der Waals surface area contributed by atoms with Gasteiger partial charge in [-0.15, -0.1) is 6.42 Å². The number of sulfonamides is 1. The third-order valence-electron chi connectivity index (χ3n) is 4.81. The fraction of sp³-hybridized carbons (Fsp3) is 0.261. The molecule has 3 N–H and O–H groups in total. The molecule has 0 saturated heterocycles. The van der Waals surface area contributed by atoms with Crippen LogP contribution >= 0.6 is 0 Å². The Morgan fingerprint density at radius 3 is 2.65 bits per heavy atom. The summed E-state index contributed by atoms with van der Waals surface area (Å²) < 4.78 is 46.8. The van der Waals surface area contributed by atoms with Crippen molar-refractivity contribution >= 4 is 33.4 Å². The lowest BCUT2D eigenvalue weighted by Crippen LogP contribution is -2.31. The summed E-state index contributed by atoms with van der Waals surface area (Å²) in [5, 5.41) is 5.81. The predicted octanol–water partition coefficient (Wildman–Crippen LogP) is 3.59. The highest BCUT2D eigenvalue weighted by molar-refractivity contribution is 7.94. The lowest BCUT2D eigenvalue weighted by molar-refractivity contribution is -0.119. The molecule has 0 bridgehead atoms. The minimum atomic E-state index is -4.00. The molecule has 3 rings (SSSR count). The van der Waals surface area contributed by atoms with Crippen LogP contribution in [-0.4, -0.2) is 30.9 Å². The first-order valence-corrected chi connectivity index (χ1v) is 11.9. The zero-order valence-electron chi connectivity index (χ0n) is 18.7. The van der Waals surface area contributed by atoms with Gasteiger partial charge in [0.2, 0.25) is 11.9 Å². The molecule has 0 radical (unpaired) electrons. The smallest absolute Gasteiger partial charge is 0.264 e. The molecule has 1 aromatic heterocycles. The second kappa shape index (κ2) is 10.8. The van der Waals surface area contributed by atoms with Crippen molar-refractivity contribution in [3.63, 3.8) is 0 Å². The lowest BCUT2D eigenvalue weighted by atomic mass is 10.0. The molecule has 0 saturated carbocycles. The third kappa shape index (κ3) is 6.32. The van der Waals surface area contributed by atoms with Crippen LogP contribution in [0.15, 0.2) is 52.7 Å². The molecule has 34 heavy (non-hydrogen) atoms. The zero-order valence-corrected chi connectivity index (χ0v) is 19.5. The number of anilines is 3. The van der Waals surface area contributed by atoms with Crippen LogP contribution in [0.4, 0.5) is 21.8 Å². The molecule has 9 nitrogen and oxygen atoms in total. The first-order valence-electron chi connectivity index (χ1n) is 10.4. The standard InChI is InChI=1S/C23H24FN5O4S/c1-4-12-33-18-10-8-16(9-11-18)26-22-19(24)14-25-23(28-22)27-17-7-6-15(3)20(13-17)34(31,32)29-21(30)5-2/h1,8-11,13-14H,5-7,12H2,2-3H3,(H,29,30)(H2,25,26,27,28). The molecule has 1 heterocycles. The van der Waals surface area contributed by atoms with Crippen LogP contribution in [0.2, 0.25) is 0 Å². The van der Waals surface area contributed by atoms with Crippen molar-refractivity contribution in [2.24, 2.45) is 0 Å². The highest BCUT2D eigenvalue weighted by Crippen LogP contribution is 2.28. The van der Waals surface area contributed by atoms with Gasteiger partial charge in [0.15, 0.2) is 11.6 Å². The van der Waals surface area contributed by atoms with Gasteiger partial charge in [-0.3, -0.25) is 4.79 Å². The van der Waals surface area contributed by atoms with E-state index in [0.717, 1.165) is 6.20 Å². The van der Waals surface area contributed by atoms with Crippen LogP contribution in [0.1, 0.15) is 33.1 Å². The van der Waals surface area contributed by atoms with Crippen LogP contribution in [0.3, 0.4) is 0 Å². The Morgan fingerprint density at radius 2 is 1.97 bits per heavy atom. The molecule has 1 amide bonds. The number of amides is 1. The van der Waals surface area contributed by atoms with Gasteiger partial charge in [0, 0.05) is 17.8 Å². The number of nitrogens with one attached hydrogen (secondary N) is 3. The second-order valence-corrected chi connectivity index (χ2v) is 9.00. The highest BCUT2D eigenvalue weighted by atomic mass is 32.2. The van der Waals surface area contributed by atoms with Gasteiger partial charge in [-0.1, -0.05) is 18.4 Å². The summed E-state index contributed by atoms with van der Waals surface area (Å²) in [6, 6.07) is 6.72. The van der Waals surface area contributed by atoms with Crippen molar-refractivity contribution in [2.45, 2.75) is 33.1 Å². The average molecular weight is 486 g/mol. The number of allylic oxidation sites excluding steroid dienone is 3. The van der Waals surface area contributed by atoms with E-state index < -0.39 is 21.7 Å². The van der Waals surface area contributed by atoms with E-state index in [1.54, 1.807) is 38.1 Å². The Morgan fingerprint density at radius 1 is 1.24 bits per heavy atom. The maximum absolute atomic E-state index is 14.3. The van der Waals surface area contributed by atoms with E-state index in [2.05, 4.69) is 26.5 Å². The van der Waals surface area contributed by atoms with Crippen molar-refractivity contribution in [1.82, 2.24) is 14.7 Å². The average Bonchev–Trinajstić information content (AvgIpc) is 2.81. The van der Waals surface area contributed by atoms with E-state index in [1.807, 2.05) is 4.72 Å². The third-order valence-corrected chi connectivity index (χ3v) is 6.35. The summed E-state index contributed by atoms with van der Waals surface area (Å²) in [6.45, 7) is 3.40. The Bertz CT molecular complexity index is 1280. The Kier molecular flexibility index (Phi) is 7.86. The van der Waals surface area contributed by atoms with Gasteiger partial charge in [-0.25, -0.2) is 22.5 Å². The van der Waals surface area contributed by atoms with E-state index in [0.29, 0.717) is 35.5 Å². The minimum Gasteiger partial charge on any atom is -0.481 e. The maximum atomic E-state index is 14.3. The van der Waals surface area contributed by atoms with Crippen LogP contribution in [0, 0.1) is 18.2 Å². The van der Waals surface area contributed by atoms with Crippen molar-refractivity contribution in [3.05, 3.63) is 58.5 Å². The fourth-order valence-electron chi connectivity index (χ4n) is 3.04. The van der Waals surface area contributed by atoms with Gasteiger partial charge in [0.25, 0.3) is 10.0 Å². The fourth-order valence-corrected chi connectivity index (χ4v) is 4.45. The zero-order chi connectivity index (χ0) is 24.7. The number of carbonyl (C=O) groups is 1. The van der Waals surface area contributed by atoms with Crippen molar-refractivity contribution in [2.75, 3.05) is 17.2 Å². The number of benzene rings is 1. The number of hydrogen-bond acceptors (Lipinski definition) is 8. The highest BCUT2D eigenvalue weighted by Gasteiger charge is 2.24. The number of ether oxygens (including phenoxy) is 1. The van der Waals surface area contributed by atoms with Gasteiger partial charge < -0.3 is 15.4 Å². The van der Waals surface area contributed by atoms with E-state index in [1.165, 1.54) is 6.08 Å². The molecule has 0 spiro atoms. The van der Waals surface area contributed by atoms with Crippen LogP contribution in [0.25, 0.3) is 0 Å². The molecule has 0 fully saturated rings. The second-order valence-electron chi connectivity index (χ2n) is 7.35. The van der Waals surface area contributed by atoms with Crippen molar-refractivity contribution < 1.29 is 22.3 Å². The summed E-state index contributed by atoms with van der Waals surface area (Å²) >= 11 is 0. The molecule has 0 unspecified atom stereocenters. The van der Waals surface area contributed by atoms with Crippen molar-refractivity contribution in [1.29, 1.82) is 0 Å². The topological polar surface area (TPSA) is 122 Å². The Labute approximate surface area is 197 Å². The largest absolute Gasteiger partial charge is 0.481 e. The Balaban J connectivity index is 1.77. The molecular weight excluding hydrogens is 461 g/mol. The number of nitrogens with zero attached hydrogens (tertiary/aromatic N) is 2. The molecule has 0 atom stereocenters. The molecule has 178 valence electrons. The lowest BCUT2D eigenvalue weighted by Gasteiger charge is -2.19. The molecular formula is C23H24FN5O4S. The van der Waals surface area contributed by atoms with Gasteiger partial charge in [0.05, 0.1) is 11.1 Å². The predicted molar refractivity (Wildman–Crippen MR) is 127 cm³/mol. The van der Waals surface area contributed by atoms with Crippen LogP contribution in [0.5, 0.6) is 5.75 Å².